The van der Waals surface area contributed by atoms with E-state index in [1.165, 1.54) is 36.8 Å². The van der Waals surface area contributed by atoms with Crippen molar-refractivity contribution in [3.05, 3.63) is 35.4 Å². The van der Waals surface area contributed by atoms with Crippen LogP contribution >= 0.6 is 0 Å². The van der Waals surface area contributed by atoms with Gasteiger partial charge in [-0.2, -0.15) is 0 Å². The Kier molecular flexibility index (Phi) is 6.42. The van der Waals surface area contributed by atoms with Crippen molar-refractivity contribution < 1.29 is 9.53 Å². The molecule has 1 saturated heterocycles. The highest BCUT2D eigenvalue weighted by Crippen LogP contribution is 2.30. The molecule has 3 rings (SSSR count). The fourth-order valence-electron chi connectivity index (χ4n) is 3.77. The lowest BCUT2D eigenvalue weighted by molar-refractivity contribution is 0.194. The second kappa shape index (κ2) is 8.97. The van der Waals surface area contributed by atoms with Crippen molar-refractivity contribution in [3.63, 3.8) is 0 Å². The van der Waals surface area contributed by atoms with Gasteiger partial charge in [-0.05, 0) is 56.7 Å². The summed E-state index contributed by atoms with van der Waals surface area (Å²) in [6.45, 7) is 5.99. The van der Waals surface area contributed by atoms with Gasteiger partial charge in [-0.3, -0.25) is 0 Å². The maximum Gasteiger partial charge on any atom is 0.317 e. The van der Waals surface area contributed by atoms with Crippen LogP contribution < -0.4 is 15.0 Å². The molecule has 1 aromatic carbocycles. The van der Waals surface area contributed by atoms with E-state index in [9.17, 15) is 4.79 Å². The van der Waals surface area contributed by atoms with Crippen molar-refractivity contribution >= 4 is 11.7 Å². The summed E-state index contributed by atoms with van der Waals surface area (Å²) in [6, 6.07) is 6.31. The summed E-state index contributed by atoms with van der Waals surface area (Å²) in [4.78, 5) is 16.6. The van der Waals surface area contributed by atoms with Crippen LogP contribution in [-0.2, 0) is 0 Å². The van der Waals surface area contributed by atoms with Crippen molar-refractivity contribution in [2.75, 3.05) is 44.7 Å². The van der Waals surface area contributed by atoms with E-state index >= 15 is 0 Å². The predicted octanol–water partition coefficient (Wildman–Crippen LogP) is 3.73. The van der Waals surface area contributed by atoms with Crippen LogP contribution in [0, 0.1) is 6.92 Å². The number of benzene rings is 1. The first-order valence-corrected chi connectivity index (χ1v) is 9.77. The number of nitrogens with one attached hydrogen (secondary N) is 1. The number of nitrogens with zero attached hydrogens (tertiary/aromatic N) is 2. The zero-order chi connectivity index (χ0) is 18.4. The zero-order valence-electron chi connectivity index (χ0n) is 16.1. The minimum absolute atomic E-state index is 0.0669. The normalized spacial score (nSPS) is 17.7. The van der Waals surface area contributed by atoms with Crippen molar-refractivity contribution in [2.24, 2.45) is 0 Å². The van der Waals surface area contributed by atoms with E-state index in [1.807, 2.05) is 11.0 Å². The minimum Gasteiger partial charge on any atom is -0.495 e. The second-order valence-corrected chi connectivity index (χ2v) is 7.24. The number of allylic oxidation sites excluding steroid dienone is 1. The van der Waals surface area contributed by atoms with E-state index < -0.39 is 0 Å². The Labute approximate surface area is 157 Å². The van der Waals surface area contributed by atoms with Crippen molar-refractivity contribution in [1.82, 2.24) is 10.2 Å². The predicted molar refractivity (Wildman–Crippen MR) is 106 cm³/mol. The number of anilines is 1. The van der Waals surface area contributed by atoms with Crippen LogP contribution in [-0.4, -0.2) is 50.8 Å². The molecule has 2 aliphatic rings. The number of carbonyl (C=O) groups excluding carboxylic acids is 1. The van der Waals surface area contributed by atoms with Crippen molar-refractivity contribution in [1.29, 1.82) is 0 Å². The number of hydrogen-bond acceptors (Lipinski definition) is 3. The van der Waals surface area contributed by atoms with Gasteiger partial charge in [-0.1, -0.05) is 17.7 Å². The topological polar surface area (TPSA) is 44.8 Å². The van der Waals surface area contributed by atoms with Crippen molar-refractivity contribution in [2.45, 2.75) is 39.0 Å². The third-order valence-corrected chi connectivity index (χ3v) is 5.35. The van der Waals surface area contributed by atoms with Gasteiger partial charge in [0.15, 0.2) is 0 Å². The second-order valence-electron chi connectivity index (χ2n) is 7.24. The molecule has 0 radical (unpaired) electrons. The van der Waals surface area contributed by atoms with Crippen LogP contribution in [0.2, 0.25) is 0 Å². The molecule has 0 aromatic heterocycles. The van der Waals surface area contributed by atoms with Gasteiger partial charge < -0.3 is 19.9 Å². The molecule has 1 aliphatic carbocycles. The smallest absolute Gasteiger partial charge is 0.317 e. The maximum absolute atomic E-state index is 12.4. The SMILES string of the molecule is COc1ccc(C)cc1N1CCN(C(=O)NCCC2=CCCCC2)CC1. The van der Waals surface area contributed by atoms with Gasteiger partial charge in [0.1, 0.15) is 5.75 Å². The van der Waals surface area contributed by atoms with Crippen LogP contribution in [0.4, 0.5) is 10.5 Å². The first-order valence-electron chi connectivity index (χ1n) is 9.77. The average molecular weight is 357 g/mol. The Balaban J connectivity index is 1.46. The molecule has 0 bridgehead atoms. The monoisotopic (exact) mass is 357 g/mol. The minimum atomic E-state index is 0.0669. The van der Waals surface area contributed by atoms with Gasteiger partial charge in [0.2, 0.25) is 0 Å². The third-order valence-electron chi connectivity index (χ3n) is 5.35. The van der Waals surface area contributed by atoms with Crippen LogP contribution in [0.15, 0.2) is 29.8 Å². The lowest BCUT2D eigenvalue weighted by Gasteiger charge is -2.36. The lowest BCUT2D eigenvalue weighted by Crippen LogP contribution is -2.52. The molecule has 0 unspecified atom stereocenters. The largest absolute Gasteiger partial charge is 0.495 e. The Hall–Kier alpha value is -2.17. The molecule has 5 nitrogen and oxygen atoms in total. The van der Waals surface area contributed by atoms with E-state index in [4.69, 9.17) is 4.74 Å². The molecule has 5 heteroatoms. The van der Waals surface area contributed by atoms with Crippen molar-refractivity contribution in [3.8, 4) is 5.75 Å². The third kappa shape index (κ3) is 4.71. The Bertz CT molecular complexity index is 649. The van der Waals surface area contributed by atoms with Crippen LogP contribution in [0.5, 0.6) is 5.75 Å². The van der Waals surface area contributed by atoms with Crippen LogP contribution in [0.3, 0.4) is 0 Å². The number of carbonyl (C=O) groups is 1. The number of amides is 2. The molecule has 1 heterocycles. The molecule has 1 aliphatic heterocycles. The summed E-state index contributed by atoms with van der Waals surface area (Å²) >= 11 is 0. The van der Waals surface area contributed by atoms with Gasteiger partial charge in [0.25, 0.3) is 0 Å². The summed E-state index contributed by atoms with van der Waals surface area (Å²) in [7, 11) is 1.71. The molecule has 2 amide bonds. The Morgan fingerprint density at radius 2 is 2.00 bits per heavy atom. The number of hydrogen-bond donors (Lipinski definition) is 1. The van der Waals surface area contributed by atoms with E-state index in [-0.39, 0.29) is 6.03 Å². The summed E-state index contributed by atoms with van der Waals surface area (Å²) in [6.07, 6.45) is 8.35. The van der Waals surface area contributed by atoms with Gasteiger partial charge in [-0.25, -0.2) is 4.79 Å². The molecule has 0 atom stereocenters. The molecule has 142 valence electrons. The quantitative estimate of drug-likeness (QED) is 0.817. The van der Waals surface area contributed by atoms with Crippen LogP contribution in [0.25, 0.3) is 0 Å². The first-order chi connectivity index (χ1) is 12.7. The standard InChI is InChI=1S/C21H31N3O2/c1-17-8-9-20(26-2)19(16-17)23-12-14-24(15-13-23)21(25)22-11-10-18-6-4-3-5-7-18/h6,8-9,16H,3-5,7,10-15H2,1-2H3,(H,22,25). The zero-order valence-corrected chi connectivity index (χ0v) is 16.1. The highest BCUT2D eigenvalue weighted by atomic mass is 16.5. The van der Waals surface area contributed by atoms with E-state index in [0.717, 1.165) is 50.6 Å². The van der Waals surface area contributed by atoms with Gasteiger partial charge in [0.05, 0.1) is 12.8 Å². The summed E-state index contributed by atoms with van der Waals surface area (Å²) in [5.74, 6) is 0.897. The Morgan fingerprint density at radius 3 is 2.69 bits per heavy atom. The number of piperazine rings is 1. The summed E-state index contributed by atoms with van der Waals surface area (Å²) in [5.41, 5.74) is 3.85. The molecule has 1 N–H and O–H groups in total. The molecular formula is C21H31N3O2. The van der Waals surface area contributed by atoms with Gasteiger partial charge >= 0.3 is 6.03 Å². The Morgan fingerprint density at radius 1 is 1.19 bits per heavy atom. The first kappa shape index (κ1) is 18.6. The molecule has 0 saturated carbocycles. The molecular weight excluding hydrogens is 326 g/mol. The molecule has 1 fully saturated rings. The number of methoxy groups -OCH3 is 1. The van der Waals surface area contributed by atoms with Gasteiger partial charge in [0, 0.05) is 32.7 Å². The number of urea groups is 1. The van der Waals surface area contributed by atoms with E-state index in [1.54, 1.807) is 7.11 Å². The number of ether oxygens (including phenoxy) is 1. The number of aryl methyl sites for hydroxylation is 1. The number of rotatable bonds is 5. The van der Waals surface area contributed by atoms with E-state index in [2.05, 4.69) is 35.3 Å². The lowest BCUT2D eigenvalue weighted by atomic mass is 9.97. The highest BCUT2D eigenvalue weighted by Gasteiger charge is 2.22. The molecule has 0 spiro atoms. The fourth-order valence-corrected chi connectivity index (χ4v) is 3.77. The molecule has 26 heavy (non-hydrogen) atoms. The highest BCUT2D eigenvalue weighted by molar-refractivity contribution is 5.74. The maximum atomic E-state index is 12.4. The molecule has 1 aromatic rings. The summed E-state index contributed by atoms with van der Waals surface area (Å²) < 4.78 is 5.50. The summed E-state index contributed by atoms with van der Waals surface area (Å²) in [5, 5.41) is 3.09. The van der Waals surface area contributed by atoms with Gasteiger partial charge in [-0.15, -0.1) is 0 Å². The fraction of sp³-hybridized carbons (Fsp3) is 0.571. The average Bonchev–Trinajstić information content (AvgIpc) is 2.69. The van der Waals surface area contributed by atoms with Crippen LogP contribution in [0.1, 0.15) is 37.7 Å². The van der Waals surface area contributed by atoms with E-state index in [0.29, 0.717) is 0 Å².